The Labute approximate surface area is 206 Å². The molecule has 5 rings (SSSR count). The van der Waals surface area contributed by atoms with Gasteiger partial charge in [-0.05, 0) is 117 Å². The first-order chi connectivity index (χ1) is 16.7. The highest BCUT2D eigenvalue weighted by Gasteiger charge is 2.24. The molecule has 2 aliphatic heterocycles. The first kappa shape index (κ1) is 23.1. The van der Waals surface area contributed by atoms with E-state index < -0.39 is 0 Å². The molecule has 2 aliphatic rings. The lowest BCUT2D eigenvalue weighted by molar-refractivity contribution is 0.174. The van der Waals surface area contributed by atoms with Crippen LogP contribution in [0.3, 0.4) is 0 Å². The minimum absolute atomic E-state index is 0.316. The van der Waals surface area contributed by atoms with Crippen LogP contribution in [0.2, 0.25) is 0 Å². The van der Waals surface area contributed by atoms with E-state index in [1.54, 1.807) is 11.9 Å². The molecule has 0 spiro atoms. The van der Waals surface area contributed by atoms with E-state index in [1.807, 2.05) is 42.5 Å². The Morgan fingerprint density at radius 3 is 2.47 bits per heavy atom. The van der Waals surface area contributed by atoms with E-state index in [0.717, 1.165) is 35.5 Å². The number of rotatable bonds is 9. The minimum Gasteiger partial charge on any atom is -0.457 e. The molecule has 5 nitrogen and oxygen atoms in total. The van der Waals surface area contributed by atoms with Crippen molar-refractivity contribution >= 4 is 11.9 Å². The smallest absolute Gasteiger partial charge is 0.231 e. The van der Waals surface area contributed by atoms with E-state index in [2.05, 4.69) is 47.0 Å². The van der Waals surface area contributed by atoms with Crippen LogP contribution >= 0.6 is 11.9 Å². The van der Waals surface area contributed by atoms with Crippen molar-refractivity contribution in [2.75, 3.05) is 33.5 Å². The quantitative estimate of drug-likeness (QED) is 0.365. The third-order valence-electron chi connectivity index (χ3n) is 6.65. The zero-order chi connectivity index (χ0) is 23.2. The van der Waals surface area contributed by atoms with Crippen molar-refractivity contribution in [1.82, 2.24) is 9.62 Å². The second-order valence-electron chi connectivity index (χ2n) is 9.13. The van der Waals surface area contributed by atoms with Crippen molar-refractivity contribution in [3.05, 3.63) is 78.4 Å². The van der Waals surface area contributed by atoms with E-state index in [1.165, 1.54) is 42.8 Å². The van der Waals surface area contributed by atoms with E-state index in [4.69, 9.17) is 14.2 Å². The average molecular weight is 477 g/mol. The van der Waals surface area contributed by atoms with Crippen LogP contribution in [0.15, 0.2) is 77.7 Å². The standard InChI is InChI=1S/C28H32N2O3S/c1-30-15-13-21(14-16-30)17-23(22-7-12-27-28(18-22)32-20-31-27)19-29-34-26-10-8-25(9-11-26)33-24-5-3-2-4-6-24/h2-12,18,21,23,29H,13-17,19-20H2,1H3. The minimum atomic E-state index is 0.316. The van der Waals surface area contributed by atoms with E-state index >= 15 is 0 Å². The van der Waals surface area contributed by atoms with Crippen LogP contribution in [0.1, 0.15) is 30.7 Å². The molecule has 34 heavy (non-hydrogen) atoms. The van der Waals surface area contributed by atoms with Gasteiger partial charge in [-0.1, -0.05) is 24.3 Å². The molecular weight excluding hydrogens is 444 g/mol. The fourth-order valence-corrected chi connectivity index (χ4v) is 5.35. The Morgan fingerprint density at radius 2 is 1.68 bits per heavy atom. The number of benzene rings is 3. The molecule has 1 atom stereocenters. The lowest BCUT2D eigenvalue weighted by atomic mass is 9.84. The maximum atomic E-state index is 5.91. The number of ether oxygens (including phenoxy) is 3. The van der Waals surface area contributed by atoms with Crippen LogP contribution in [0.4, 0.5) is 0 Å². The maximum absolute atomic E-state index is 5.91. The molecular formula is C28H32N2O3S. The number of hydrogen-bond donors (Lipinski definition) is 1. The van der Waals surface area contributed by atoms with Gasteiger partial charge in [-0.2, -0.15) is 0 Å². The predicted octanol–water partition coefficient (Wildman–Crippen LogP) is 6.32. The molecule has 1 fully saturated rings. The fraction of sp³-hybridized carbons (Fsp3) is 0.357. The van der Waals surface area contributed by atoms with Gasteiger partial charge in [0.05, 0.1) is 0 Å². The lowest BCUT2D eigenvalue weighted by Gasteiger charge is -2.31. The summed E-state index contributed by atoms with van der Waals surface area (Å²) in [5.41, 5.74) is 1.32. The highest BCUT2D eigenvalue weighted by Crippen LogP contribution is 2.37. The highest BCUT2D eigenvalue weighted by molar-refractivity contribution is 7.97. The molecule has 0 bridgehead atoms. The third-order valence-corrected chi connectivity index (χ3v) is 7.47. The zero-order valence-corrected chi connectivity index (χ0v) is 20.4. The molecule has 0 radical (unpaired) electrons. The van der Waals surface area contributed by atoms with E-state index in [-0.39, 0.29) is 0 Å². The zero-order valence-electron chi connectivity index (χ0n) is 19.6. The normalized spacial score (nSPS) is 17.0. The van der Waals surface area contributed by atoms with E-state index in [0.29, 0.717) is 12.7 Å². The molecule has 1 saturated heterocycles. The molecule has 1 N–H and O–H groups in total. The Bertz CT molecular complexity index is 1050. The van der Waals surface area contributed by atoms with Crippen molar-refractivity contribution in [3.8, 4) is 23.0 Å². The number of piperidine rings is 1. The lowest BCUT2D eigenvalue weighted by Crippen LogP contribution is -2.31. The topological polar surface area (TPSA) is 43.0 Å². The first-order valence-corrected chi connectivity index (χ1v) is 12.9. The summed E-state index contributed by atoms with van der Waals surface area (Å²) >= 11 is 1.68. The van der Waals surface area contributed by atoms with Gasteiger partial charge in [0.2, 0.25) is 6.79 Å². The number of nitrogens with one attached hydrogen (secondary N) is 1. The Kier molecular flexibility index (Phi) is 7.59. The van der Waals surface area contributed by atoms with Gasteiger partial charge in [0, 0.05) is 11.4 Å². The summed E-state index contributed by atoms with van der Waals surface area (Å²) in [7, 11) is 2.22. The van der Waals surface area contributed by atoms with E-state index in [9.17, 15) is 0 Å². The maximum Gasteiger partial charge on any atom is 0.231 e. The van der Waals surface area contributed by atoms with Crippen LogP contribution in [0.5, 0.6) is 23.0 Å². The number of likely N-dealkylation sites (tertiary alicyclic amines) is 1. The van der Waals surface area contributed by atoms with Crippen LogP contribution in [0, 0.1) is 5.92 Å². The summed E-state index contributed by atoms with van der Waals surface area (Å²) in [6, 6.07) is 24.5. The number of hydrogen-bond acceptors (Lipinski definition) is 6. The summed E-state index contributed by atoms with van der Waals surface area (Å²) in [6.45, 7) is 3.60. The average Bonchev–Trinajstić information content (AvgIpc) is 3.34. The first-order valence-electron chi connectivity index (χ1n) is 12.0. The SMILES string of the molecule is CN1CCC(CC(CNSc2ccc(Oc3ccccc3)cc2)c2ccc3c(c2)OCO3)CC1. The van der Waals surface area contributed by atoms with Crippen molar-refractivity contribution in [2.24, 2.45) is 5.92 Å². The Morgan fingerprint density at radius 1 is 0.941 bits per heavy atom. The second-order valence-corrected chi connectivity index (χ2v) is 10.1. The van der Waals surface area contributed by atoms with Crippen molar-refractivity contribution < 1.29 is 14.2 Å². The molecule has 2 heterocycles. The summed E-state index contributed by atoms with van der Waals surface area (Å²) < 4.78 is 20.7. The summed E-state index contributed by atoms with van der Waals surface area (Å²) in [5.74, 6) is 4.59. The summed E-state index contributed by atoms with van der Waals surface area (Å²) in [5, 5.41) is 0. The molecule has 0 aliphatic carbocycles. The van der Waals surface area contributed by atoms with Gasteiger partial charge in [-0.3, -0.25) is 4.72 Å². The monoisotopic (exact) mass is 476 g/mol. The molecule has 3 aromatic carbocycles. The molecule has 178 valence electrons. The highest BCUT2D eigenvalue weighted by atomic mass is 32.2. The van der Waals surface area contributed by atoms with Crippen LogP contribution in [-0.2, 0) is 0 Å². The molecule has 0 aromatic heterocycles. The second kappa shape index (κ2) is 11.2. The van der Waals surface area contributed by atoms with Gasteiger partial charge in [0.1, 0.15) is 11.5 Å². The summed E-state index contributed by atoms with van der Waals surface area (Å²) in [6.07, 6.45) is 3.73. The molecule has 1 unspecified atom stereocenters. The van der Waals surface area contributed by atoms with Crippen LogP contribution < -0.4 is 18.9 Å². The molecule has 0 saturated carbocycles. The number of nitrogens with zero attached hydrogens (tertiary/aromatic N) is 1. The number of para-hydroxylation sites is 1. The van der Waals surface area contributed by atoms with Crippen LogP contribution in [-0.4, -0.2) is 38.4 Å². The largest absolute Gasteiger partial charge is 0.457 e. The van der Waals surface area contributed by atoms with Crippen molar-refractivity contribution in [2.45, 2.75) is 30.1 Å². The molecule has 3 aromatic rings. The van der Waals surface area contributed by atoms with Gasteiger partial charge in [0.25, 0.3) is 0 Å². The predicted molar refractivity (Wildman–Crippen MR) is 137 cm³/mol. The van der Waals surface area contributed by atoms with Gasteiger partial charge >= 0.3 is 0 Å². The Hall–Kier alpha value is -2.67. The van der Waals surface area contributed by atoms with Crippen LogP contribution in [0.25, 0.3) is 0 Å². The van der Waals surface area contributed by atoms with Gasteiger partial charge < -0.3 is 19.1 Å². The Balaban J connectivity index is 1.20. The van der Waals surface area contributed by atoms with Crippen molar-refractivity contribution in [3.63, 3.8) is 0 Å². The third kappa shape index (κ3) is 6.06. The molecule has 6 heteroatoms. The van der Waals surface area contributed by atoms with Gasteiger partial charge in [-0.15, -0.1) is 0 Å². The fourth-order valence-electron chi connectivity index (χ4n) is 4.63. The van der Waals surface area contributed by atoms with Crippen molar-refractivity contribution in [1.29, 1.82) is 0 Å². The number of fused-ring (bicyclic) bond motifs is 1. The van der Waals surface area contributed by atoms with Gasteiger partial charge in [0.15, 0.2) is 11.5 Å². The van der Waals surface area contributed by atoms with Gasteiger partial charge in [-0.25, -0.2) is 0 Å². The summed E-state index contributed by atoms with van der Waals surface area (Å²) in [4.78, 5) is 3.61. The molecule has 0 amide bonds.